The first kappa shape index (κ1) is 12.9. The lowest BCUT2D eigenvalue weighted by Crippen LogP contribution is -2.35. The Morgan fingerprint density at radius 3 is 3.06 bits per heavy atom. The van der Waals surface area contributed by atoms with Crippen molar-refractivity contribution in [1.29, 1.82) is 0 Å². The van der Waals surface area contributed by atoms with E-state index in [0.29, 0.717) is 17.3 Å². The molecule has 0 aliphatic carbocycles. The minimum Gasteiger partial charge on any atom is -0.325 e. The van der Waals surface area contributed by atoms with Crippen molar-refractivity contribution >= 4 is 23.2 Å². The molecule has 1 heterocycles. The number of rotatable bonds is 5. The number of unbranched alkanes of at least 4 members (excludes halogenated alkanes) is 1. The zero-order chi connectivity index (χ0) is 12.0. The van der Waals surface area contributed by atoms with E-state index < -0.39 is 6.04 Å². The molecular weight excluding hydrogens is 226 g/mol. The summed E-state index contributed by atoms with van der Waals surface area (Å²) in [5, 5.41) is 3.05. The maximum Gasteiger partial charge on any atom is 0.241 e. The van der Waals surface area contributed by atoms with Crippen LogP contribution in [0, 0.1) is 0 Å². The number of halogens is 1. The fourth-order valence-corrected chi connectivity index (χ4v) is 1.44. The Morgan fingerprint density at radius 2 is 2.44 bits per heavy atom. The molecule has 1 unspecified atom stereocenters. The lowest BCUT2D eigenvalue weighted by atomic mass is 10.1. The summed E-state index contributed by atoms with van der Waals surface area (Å²) < 4.78 is 0. The van der Waals surface area contributed by atoms with Crippen molar-refractivity contribution in [3.63, 3.8) is 0 Å². The van der Waals surface area contributed by atoms with Gasteiger partial charge in [-0.15, -0.1) is 0 Å². The van der Waals surface area contributed by atoms with Crippen molar-refractivity contribution in [3.8, 4) is 0 Å². The number of aromatic nitrogens is 1. The van der Waals surface area contributed by atoms with Gasteiger partial charge in [0, 0.05) is 11.9 Å². The number of hydrogen-bond donors (Lipinski definition) is 2. The van der Waals surface area contributed by atoms with Gasteiger partial charge in [-0.3, -0.25) is 4.79 Å². The quantitative estimate of drug-likeness (QED) is 0.777. The molecule has 1 aromatic rings. The highest BCUT2D eigenvalue weighted by molar-refractivity contribution is 6.29. The van der Waals surface area contributed by atoms with Crippen LogP contribution in [0.2, 0.25) is 5.15 Å². The van der Waals surface area contributed by atoms with E-state index in [9.17, 15) is 4.79 Å². The first-order valence-electron chi connectivity index (χ1n) is 5.31. The Kier molecular flexibility index (Phi) is 5.22. The lowest BCUT2D eigenvalue weighted by molar-refractivity contribution is -0.117. The third kappa shape index (κ3) is 4.16. The molecular formula is C11H16ClN3O. The Bertz CT molecular complexity index is 357. The highest BCUT2D eigenvalue weighted by atomic mass is 35.5. The normalized spacial score (nSPS) is 12.2. The number of nitrogens with two attached hydrogens (primary N) is 1. The van der Waals surface area contributed by atoms with Gasteiger partial charge in [-0.05, 0) is 18.6 Å². The van der Waals surface area contributed by atoms with Crippen LogP contribution in [0.3, 0.4) is 0 Å². The summed E-state index contributed by atoms with van der Waals surface area (Å²) in [5.74, 6) is -0.185. The van der Waals surface area contributed by atoms with Gasteiger partial charge in [0.05, 0.1) is 6.04 Å². The zero-order valence-corrected chi connectivity index (χ0v) is 10.00. The SMILES string of the molecule is CCCCC(N)C(=O)Nc1ccnc(Cl)c1. The number of anilines is 1. The Labute approximate surface area is 100 Å². The van der Waals surface area contributed by atoms with Crippen molar-refractivity contribution in [2.24, 2.45) is 5.73 Å². The summed E-state index contributed by atoms with van der Waals surface area (Å²) in [6, 6.07) is 2.80. The Morgan fingerprint density at radius 1 is 1.69 bits per heavy atom. The smallest absolute Gasteiger partial charge is 0.241 e. The van der Waals surface area contributed by atoms with E-state index in [-0.39, 0.29) is 5.91 Å². The molecule has 1 rings (SSSR count). The number of carbonyl (C=O) groups excluding carboxylic acids is 1. The van der Waals surface area contributed by atoms with E-state index in [0.717, 1.165) is 12.8 Å². The average molecular weight is 242 g/mol. The first-order valence-corrected chi connectivity index (χ1v) is 5.69. The third-order valence-electron chi connectivity index (χ3n) is 2.20. The van der Waals surface area contributed by atoms with Crippen LogP contribution in [0.5, 0.6) is 0 Å². The van der Waals surface area contributed by atoms with E-state index in [2.05, 4.69) is 17.2 Å². The molecule has 0 fully saturated rings. The summed E-state index contributed by atoms with van der Waals surface area (Å²) in [6.45, 7) is 2.06. The molecule has 4 nitrogen and oxygen atoms in total. The van der Waals surface area contributed by atoms with Crippen LogP contribution in [0.15, 0.2) is 18.3 Å². The highest BCUT2D eigenvalue weighted by Crippen LogP contribution is 2.12. The van der Waals surface area contributed by atoms with Crippen LogP contribution in [0.25, 0.3) is 0 Å². The van der Waals surface area contributed by atoms with E-state index in [4.69, 9.17) is 17.3 Å². The van der Waals surface area contributed by atoms with Gasteiger partial charge in [0.25, 0.3) is 0 Å². The molecule has 16 heavy (non-hydrogen) atoms. The molecule has 0 radical (unpaired) electrons. The van der Waals surface area contributed by atoms with Gasteiger partial charge in [0.2, 0.25) is 5.91 Å². The maximum absolute atomic E-state index is 11.6. The molecule has 0 saturated carbocycles. The molecule has 1 atom stereocenters. The van der Waals surface area contributed by atoms with Crippen LogP contribution in [0.4, 0.5) is 5.69 Å². The maximum atomic E-state index is 11.6. The molecule has 0 bridgehead atoms. The number of amides is 1. The predicted octanol–water partition coefficient (Wildman–Crippen LogP) is 2.19. The van der Waals surface area contributed by atoms with E-state index in [1.54, 1.807) is 12.1 Å². The molecule has 0 aliphatic rings. The highest BCUT2D eigenvalue weighted by Gasteiger charge is 2.12. The molecule has 0 aliphatic heterocycles. The molecule has 88 valence electrons. The number of nitrogens with zero attached hydrogens (tertiary/aromatic N) is 1. The second-order valence-electron chi connectivity index (χ2n) is 3.61. The zero-order valence-electron chi connectivity index (χ0n) is 9.24. The van der Waals surface area contributed by atoms with Crippen LogP contribution in [-0.4, -0.2) is 16.9 Å². The summed E-state index contributed by atoms with van der Waals surface area (Å²) in [4.78, 5) is 15.5. The van der Waals surface area contributed by atoms with Gasteiger partial charge in [0.1, 0.15) is 5.15 Å². The summed E-state index contributed by atoms with van der Waals surface area (Å²) in [5.41, 5.74) is 6.35. The number of nitrogens with one attached hydrogen (secondary N) is 1. The molecule has 0 aromatic carbocycles. The van der Waals surface area contributed by atoms with Crippen molar-refractivity contribution in [3.05, 3.63) is 23.5 Å². The molecule has 0 spiro atoms. The Hall–Kier alpha value is -1.13. The Balaban J connectivity index is 2.50. The van der Waals surface area contributed by atoms with Crippen molar-refractivity contribution in [2.45, 2.75) is 32.2 Å². The summed E-state index contributed by atoms with van der Waals surface area (Å²) in [7, 11) is 0. The predicted molar refractivity (Wildman–Crippen MR) is 65.4 cm³/mol. The molecule has 5 heteroatoms. The topological polar surface area (TPSA) is 68.0 Å². The van der Waals surface area contributed by atoms with E-state index >= 15 is 0 Å². The second kappa shape index (κ2) is 6.45. The first-order chi connectivity index (χ1) is 7.63. The standard InChI is InChI=1S/C11H16ClN3O/c1-2-3-4-9(13)11(16)15-8-5-6-14-10(12)7-8/h5-7,9H,2-4,13H2,1H3,(H,14,15,16). The average Bonchev–Trinajstić information content (AvgIpc) is 2.25. The number of carbonyl (C=O) groups is 1. The van der Waals surface area contributed by atoms with Gasteiger partial charge >= 0.3 is 0 Å². The van der Waals surface area contributed by atoms with Crippen LogP contribution >= 0.6 is 11.6 Å². The minimum atomic E-state index is -0.466. The van der Waals surface area contributed by atoms with Crippen molar-refractivity contribution in [2.75, 3.05) is 5.32 Å². The van der Waals surface area contributed by atoms with E-state index in [1.807, 2.05) is 0 Å². The van der Waals surface area contributed by atoms with Crippen molar-refractivity contribution in [1.82, 2.24) is 4.98 Å². The second-order valence-corrected chi connectivity index (χ2v) is 3.99. The van der Waals surface area contributed by atoms with Gasteiger partial charge in [-0.1, -0.05) is 31.4 Å². The fourth-order valence-electron chi connectivity index (χ4n) is 1.27. The van der Waals surface area contributed by atoms with Gasteiger partial charge < -0.3 is 11.1 Å². The third-order valence-corrected chi connectivity index (χ3v) is 2.41. The summed E-state index contributed by atoms with van der Waals surface area (Å²) >= 11 is 5.70. The van der Waals surface area contributed by atoms with Gasteiger partial charge in [-0.25, -0.2) is 4.98 Å². The van der Waals surface area contributed by atoms with Gasteiger partial charge in [-0.2, -0.15) is 0 Å². The van der Waals surface area contributed by atoms with Crippen LogP contribution < -0.4 is 11.1 Å². The fraction of sp³-hybridized carbons (Fsp3) is 0.455. The molecule has 0 saturated heterocycles. The largest absolute Gasteiger partial charge is 0.325 e. The minimum absolute atomic E-state index is 0.185. The van der Waals surface area contributed by atoms with Crippen LogP contribution in [-0.2, 0) is 4.79 Å². The lowest BCUT2D eigenvalue weighted by Gasteiger charge is -2.11. The van der Waals surface area contributed by atoms with Gasteiger partial charge in [0.15, 0.2) is 0 Å². The van der Waals surface area contributed by atoms with E-state index in [1.165, 1.54) is 6.20 Å². The number of hydrogen-bond acceptors (Lipinski definition) is 3. The monoisotopic (exact) mass is 241 g/mol. The molecule has 1 aromatic heterocycles. The molecule has 3 N–H and O–H groups in total. The van der Waals surface area contributed by atoms with Crippen molar-refractivity contribution < 1.29 is 4.79 Å². The molecule has 1 amide bonds. The number of pyridine rings is 1. The summed E-state index contributed by atoms with van der Waals surface area (Å²) in [6.07, 6.45) is 4.21. The van der Waals surface area contributed by atoms with Crippen LogP contribution in [0.1, 0.15) is 26.2 Å².